The Hall–Kier alpha value is -1.23. The van der Waals surface area contributed by atoms with Crippen molar-refractivity contribution in [3.8, 4) is 0 Å². The van der Waals surface area contributed by atoms with E-state index in [1.807, 2.05) is 18.2 Å². The van der Waals surface area contributed by atoms with Crippen LogP contribution in [0.1, 0.15) is 35.3 Å². The highest BCUT2D eigenvalue weighted by molar-refractivity contribution is 9.10. The quantitative estimate of drug-likeness (QED) is 0.892. The van der Waals surface area contributed by atoms with E-state index >= 15 is 0 Å². The molecular weight excluding hydrogens is 335 g/mol. The molecule has 1 aliphatic rings. The van der Waals surface area contributed by atoms with Crippen LogP contribution < -0.4 is 0 Å². The van der Waals surface area contributed by atoms with E-state index in [0.29, 0.717) is 23.1 Å². The van der Waals surface area contributed by atoms with E-state index in [4.69, 9.17) is 4.74 Å². The molecule has 2 aromatic rings. The molecule has 0 saturated carbocycles. The molecule has 2 atom stereocenters. The predicted octanol–water partition coefficient (Wildman–Crippen LogP) is 4.33. The van der Waals surface area contributed by atoms with E-state index in [9.17, 15) is 9.50 Å². The van der Waals surface area contributed by atoms with Gasteiger partial charge in [0.25, 0.3) is 0 Å². The first-order chi connectivity index (χ1) is 10.1. The van der Waals surface area contributed by atoms with Crippen molar-refractivity contribution in [3.05, 3.63) is 69.4 Å². The summed E-state index contributed by atoms with van der Waals surface area (Å²) < 4.78 is 19.9. The van der Waals surface area contributed by atoms with Gasteiger partial charge in [0.15, 0.2) is 0 Å². The van der Waals surface area contributed by atoms with Gasteiger partial charge >= 0.3 is 0 Å². The first kappa shape index (κ1) is 14.7. The molecule has 0 radical (unpaired) electrons. The van der Waals surface area contributed by atoms with Crippen molar-refractivity contribution < 1.29 is 14.2 Å². The van der Waals surface area contributed by atoms with Crippen LogP contribution in [-0.2, 0) is 11.2 Å². The van der Waals surface area contributed by atoms with Gasteiger partial charge in [-0.05, 0) is 41.3 Å². The average Bonchev–Trinajstić information content (AvgIpc) is 2.46. The number of hydrogen-bond acceptors (Lipinski definition) is 2. The summed E-state index contributed by atoms with van der Waals surface area (Å²) in [6, 6.07) is 12.6. The molecule has 0 aromatic heterocycles. The lowest BCUT2D eigenvalue weighted by Gasteiger charge is -2.28. The highest BCUT2D eigenvalue weighted by Gasteiger charge is 2.24. The van der Waals surface area contributed by atoms with Crippen LogP contribution in [0, 0.1) is 5.82 Å². The monoisotopic (exact) mass is 350 g/mol. The molecule has 2 aromatic carbocycles. The van der Waals surface area contributed by atoms with Crippen LogP contribution in [0.3, 0.4) is 0 Å². The Kier molecular flexibility index (Phi) is 4.38. The topological polar surface area (TPSA) is 29.5 Å². The Balaban J connectivity index is 1.81. The minimum Gasteiger partial charge on any atom is -0.388 e. The normalized spacial score (nSPS) is 19.1. The lowest BCUT2D eigenvalue weighted by atomic mass is 9.92. The van der Waals surface area contributed by atoms with Gasteiger partial charge in [0.2, 0.25) is 0 Å². The highest BCUT2D eigenvalue weighted by atomic mass is 79.9. The maximum atomic E-state index is 13.4. The Labute approximate surface area is 131 Å². The van der Waals surface area contributed by atoms with Crippen LogP contribution in [0.25, 0.3) is 0 Å². The second-order valence-corrected chi connectivity index (χ2v) is 6.18. The van der Waals surface area contributed by atoms with Gasteiger partial charge < -0.3 is 9.84 Å². The number of ether oxygens (including phenoxy) is 1. The largest absolute Gasteiger partial charge is 0.388 e. The third-order valence-corrected chi connectivity index (χ3v) is 4.26. The molecule has 1 heterocycles. The summed E-state index contributed by atoms with van der Waals surface area (Å²) in [5.41, 5.74) is 2.95. The van der Waals surface area contributed by atoms with Crippen molar-refractivity contribution in [1.29, 1.82) is 0 Å². The second kappa shape index (κ2) is 6.26. The van der Waals surface area contributed by atoms with Crippen LogP contribution in [0.15, 0.2) is 46.9 Å². The SMILES string of the molecule is OC(CC1OCCc2ccccc21)c1cc(F)cc(Br)c1. The predicted molar refractivity (Wildman–Crippen MR) is 82.5 cm³/mol. The Morgan fingerprint density at radius 2 is 2.10 bits per heavy atom. The van der Waals surface area contributed by atoms with Gasteiger partial charge in [-0.3, -0.25) is 0 Å². The Bertz CT molecular complexity index is 624. The number of aliphatic hydroxyl groups is 1. The van der Waals surface area contributed by atoms with Gasteiger partial charge in [-0.15, -0.1) is 0 Å². The van der Waals surface area contributed by atoms with Crippen LogP contribution >= 0.6 is 15.9 Å². The zero-order valence-electron chi connectivity index (χ0n) is 11.4. The minimum absolute atomic E-state index is 0.146. The summed E-state index contributed by atoms with van der Waals surface area (Å²) in [5.74, 6) is -0.358. The van der Waals surface area contributed by atoms with Gasteiger partial charge in [-0.25, -0.2) is 4.39 Å². The fraction of sp³-hybridized carbons (Fsp3) is 0.294. The number of rotatable bonds is 3. The Morgan fingerprint density at radius 3 is 2.90 bits per heavy atom. The Morgan fingerprint density at radius 1 is 1.29 bits per heavy atom. The molecular formula is C17H16BrFO2. The molecule has 0 aliphatic carbocycles. The summed E-state index contributed by atoms with van der Waals surface area (Å²) in [7, 11) is 0. The fourth-order valence-corrected chi connectivity index (χ4v) is 3.26. The number of halogens is 2. The molecule has 0 amide bonds. The molecule has 110 valence electrons. The smallest absolute Gasteiger partial charge is 0.124 e. The lowest BCUT2D eigenvalue weighted by Crippen LogP contribution is -2.18. The third-order valence-electron chi connectivity index (χ3n) is 3.80. The zero-order valence-corrected chi connectivity index (χ0v) is 13.0. The molecule has 21 heavy (non-hydrogen) atoms. The molecule has 1 N–H and O–H groups in total. The first-order valence-electron chi connectivity index (χ1n) is 6.97. The standard InChI is InChI=1S/C17H16BrFO2/c18-13-7-12(8-14(19)9-13)16(20)10-17-15-4-2-1-3-11(15)5-6-21-17/h1-4,7-9,16-17,20H,5-6,10H2. The summed E-state index contributed by atoms with van der Waals surface area (Å²) in [4.78, 5) is 0. The maximum Gasteiger partial charge on any atom is 0.124 e. The molecule has 2 nitrogen and oxygen atoms in total. The van der Waals surface area contributed by atoms with Crippen LogP contribution in [0.4, 0.5) is 4.39 Å². The fourth-order valence-electron chi connectivity index (χ4n) is 2.78. The zero-order chi connectivity index (χ0) is 14.8. The summed E-state index contributed by atoms with van der Waals surface area (Å²) >= 11 is 3.25. The molecule has 0 fully saturated rings. The summed E-state index contributed by atoms with van der Waals surface area (Å²) in [6.45, 7) is 0.654. The second-order valence-electron chi connectivity index (χ2n) is 5.26. The summed E-state index contributed by atoms with van der Waals surface area (Å²) in [6.07, 6.45) is 0.418. The van der Waals surface area contributed by atoms with Gasteiger partial charge in [0.05, 0.1) is 18.8 Å². The molecule has 0 bridgehead atoms. The van der Waals surface area contributed by atoms with Crippen molar-refractivity contribution in [2.45, 2.75) is 25.0 Å². The van der Waals surface area contributed by atoms with Crippen LogP contribution in [0.5, 0.6) is 0 Å². The van der Waals surface area contributed by atoms with E-state index in [0.717, 1.165) is 12.0 Å². The molecule has 4 heteroatoms. The number of hydrogen-bond donors (Lipinski definition) is 1. The van der Waals surface area contributed by atoms with E-state index in [2.05, 4.69) is 22.0 Å². The molecule has 2 unspecified atom stereocenters. The first-order valence-corrected chi connectivity index (χ1v) is 7.76. The van der Waals surface area contributed by atoms with Crippen molar-refractivity contribution in [2.24, 2.45) is 0 Å². The molecule has 3 rings (SSSR count). The van der Waals surface area contributed by atoms with Gasteiger partial charge in [-0.1, -0.05) is 40.2 Å². The molecule has 1 aliphatic heterocycles. The number of aliphatic hydroxyl groups excluding tert-OH is 1. The van der Waals surface area contributed by atoms with E-state index in [1.54, 1.807) is 6.07 Å². The lowest BCUT2D eigenvalue weighted by molar-refractivity contribution is 0.00369. The highest BCUT2D eigenvalue weighted by Crippen LogP contribution is 2.34. The third kappa shape index (κ3) is 3.34. The average molecular weight is 351 g/mol. The number of fused-ring (bicyclic) bond motifs is 1. The maximum absolute atomic E-state index is 13.4. The van der Waals surface area contributed by atoms with Crippen molar-refractivity contribution in [1.82, 2.24) is 0 Å². The molecule has 0 spiro atoms. The van der Waals surface area contributed by atoms with Crippen molar-refractivity contribution >= 4 is 15.9 Å². The van der Waals surface area contributed by atoms with Gasteiger partial charge in [-0.2, -0.15) is 0 Å². The minimum atomic E-state index is -0.756. The number of benzene rings is 2. The van der Waals surface area contributed by atoms with E-state index in [-0.39, 0.29) is 11.9 Å². The van der Waals surface area contributed by atoms with Crippen molar-refractivity contribution in [3.63, 3.8) is 0 Å². The van der Waals surface area contributed by atoms with E-state index < -0.39 is 6.10 Å². The van der Waals surface area contributed by atoms with Crippen LogP contribution in [0.2, 0.25) is 0 Å². The van der Waals surface area contributed by atoms with E-state index in [1.165, 1.54) is 17.7 Å². The van der Waals surface area contributed by atoms with Crippen molar-refractivity contribution in [2.75, 3.05) is 6.61 Å². The van der Waals surface area contributed by atoms with Crippen LogP contribution in [-0.4, -0.2) is 11.7 Å². The van der Waals surface area contributed by atoms with Gasteiger partial charge in [0, 0.05) is 10.9 Å². The summed E-state index contributed by atoms with van der Waals surface area (Å²) in [5, 5.41) is 10.4. The molecule has 0 saturated heterocycles. The van der Waals surface area contributed by atoms with Gasteiger partial charge in [0.1, 0.15) is 5.82 Å².